The fraction of sp³-hybridized carbons (Fsp3) is 0.500. The maximum atomic E-state index is 11.8. The first-order valence-electron chi connectivity index (χ1n) is 7.64. The van der Waals surface area contributed by atoms with Gasteiger partial charge >= 0.3 is 6.03 Å². The summed E-state index contributed by atoms with van der Waals surface area (Å²) in [6, 6.07) is 3.51. The summed E-state index contributed by atoms with van der Waals surface area (Å²) in [6.45, 7) is 6.88. The molecule has 2 aromatic rings. The van der Waals surface area contributed by atoms with Crippen molar-refractivity contribution in [3.8, 4) is 0 Å². The van der Waals surface area contributed by atoms with E-state index in [1.165, 1.54) is 0 Å². The molecule has 0 fully saturated rings. The van der Waals surface area contributed by atoms with Gasteiger partial charge in [-0.15, -0.1) is 0 Å². The Kier molecular flexibility index (Phi) is 5.63. The number of amides is 2. The van der Waals surface area contributed by atoms with Crippen LogP contribution in [-0.4, -0.2) is 11.2 Å². The molecular weight excluding hydrogens is 282 g/mol. The lowest BCUT2D eigenvalue weighted by Gasteiger charge is -2.06. The van der Waals surface area contributed by atoms with E-state index in [9.17, 15) is 4.79 Å². The molecule has 0 atom stereocenters. The molecule has 120 valence electrons. The third kappa shape index (κ3) is 4.13. The largest absolute Gasteiger partial charge is 0.469 e. The number of urea groups is 1. The standard InChI is InChI=1S/C16H23N3O3/c1-4-12(5-2)15-8-14(22-19-15)10-18-16(20)17-9-13-6-7-21-11(13)3/h6-8,12H,4-5,9-10H2,1-3H3,(H2,17,18,20). The van der Waals surface area contributed by atoms with E-state index in [2.05, 4.69) is 29.6 Å². The quantitative estimate of drug-likeness (QED) is 0.820. The Labute approximate surface area is 130 Å². The van der Waals surface area contributed by atoms with Crippen molar-refractivity contribution >= 4 is 6.03 Å². The molecule has 0 spiro atoms. The molecule has 0 unspecified atom stereocenters. The van der Waals surface area contributed by atoms with E-state index < -0.39 is 0 Å². The lowest BCUT2D eigenvalue weighted by atomic mass is 9.99. The van der Waals surface area contributed by atoms with Crippen molar-refractivity contribution in [3.63, 3.8) is 0 Å². The second kappa shape index (κ2) is 7.68. The summed E-state index contributed by atoms with van der Waals surface area (Å²) in [7, 11) is 0. The lowest BCUT2D eigenvalue weighted by molar-refractivity contribution is 0.238. The highest BCUT2D eigenvalue weighted by molar-refractivity contribution is 5.73. The van der Waals surface area contributed by atoms with Crippen molar-refractivity contribution in [2.24, 2.45) is 0 Å². The normalized spacial score (nSPS) is 10.9. The van der Waals surface area contributed by atoms with Crippen molar-refractivity contribution in [2.75, 3.05) is 0 Å². The van der Waals surface area contributed by atoms with Crippen molar-refractivity contribution in [1.29, 1.82) is 0 Å². The molecule has 0 bridgehead atoms. The second-order valence-electron chi connectivity index (χ2n) is 5.27. The van der Waals surface area contributed by atoms with Gasteiger partial charge in [0.15, 0.2) is 5.76 Å². The SMILES string of the molecule is CCC(CC)c1cc(CNC(=O)NCc2ccoc2C)on1. The van der Waals surface area contributed by atoms with Gasteiger partial charge in [0.1, 0.15) is 5.76 Å². The third-order valence-electron chi connectivity index (χ3n) is 3.81. The first-order chi connectivity index (χ1) is 10.6. The molecule has 0 radical (unpaired) electrons. The van der Waals surface area contributed by atoms with Crippen LogP contribution in [0.4, 0.5) is 4.79 Å². The zero-order valence-corrected chi connectivity index (χ0v) is 13.3. The average Bonchev–Trinajstić information content (AvgIpc) is 3.14. The molecule has 2 N–H and O–H groups in total. The van der Waals surface area contributed by atoms with Crippen molar-refractivity contribution < 1.29 is 13.7 Å². The van der Waals surface area contributed by atoms with Crippen LogP contribution < -0.4 is 10.6 Å². The van der Waals surface area contributed by atoms with E-state index in [0.29, 0.717) is 24.8 Å². The molecule has 6 heteroatoms. The molecule has 2 aromatic heterocycles. The first-order valence-corrected chi connectivity index (χ1v) is 7.64. The summed E-state index contributed by atoms with van der Waals surface area (Å²) in [5, 5.41) is 9.61. The number of furan rings is 1. The molecule has 2 heterocycles. The minimum absolute atomic E-state index is 0.249. The van der Waals surface area contributed by atoms with Crippen LogP contribution in [0.25, 0.3) is 0 Å². The molecule has 2 rings (SSSR count). The number of carbonyl (C=O) groups excluding carboxylic acids is 1. The van der Waals surface area contributed by atoms with Gasteiger partial charge in [-0.1, -0.05) is 19.0 Å². The summed E-state index contributed by atoms with van der Waals surface area (Å²) >= 11 is 0. The second-order valence-corrected chi connectivity index (χ2v) is 5.27. The Morgan fingerprint density at radius 1 is 1.27 bits per heavy atom. The minimum Gasteiger partial charge on any atom is -0.469 e. The zero-order valence-electron chi connectivity index (χ0n) is 13.3. The van der Waals surface area contributed by atoms with Crippen molar-refractivity contribution in [2.45, 2.75) is 52.6 Å². The van der Waals surface area contributed by atoms with Crippen LogP contribution in [0, 0.1) is 6.92 Å². The Morgan fingerprint density at radius 2 is 2.00 bits per heavy atom. The van der Waals surface area contributed by atoms with E-state index in [0.717, 1.165) is 29.9 Å². The summed E-state index contributed by atoms with van der Waals surface area (Å²) in [6.07, 6.45) is 3.67. The van der Waals surface area contributed by atoms with Gasteiger partial charge in [-0.05, 0) is 25.8 Å². The third-order valence-corrected chi connectivity index (χ3v) is 3.81. The molecule has 0 aliphatic carbocycles. The predicted octanol–water partition coefficient (Wildman–Crippen LogP) is 3.48. The van der Waals surface area contributed by atoms with Gasteiger partial charge in [-0.25, -0.2) is 4.79 Å². The monoisotopic (exact) mass is 305 g/mol. The van der Waals surface area contributed by atoms with Crippen LogP contribution in [-0.2, 0) is 13.1 Å². The Hall–Kier alpha value is -2.24. The van der Waals surface area contributed by atoms with E-state index in [1.807, 2.05) is 19.1 Å². The van der Waals surface area contributed by atoms with Crippen LogP contribution in [0.1, 0.15) is 55.4 Å². The molecule has 0 aliphatic heterocycles. The fourth-order valence-corrected chi connectivity index (χ4v) is 2.31. The summed E-state index contributed by atoms with van der Waals surface area (Å²) < 4.78 is 10.4. The highest BCUT2D eigenvalue weighted by Gasteiger charge is 2.13. The molecule has 0 aromatic carbocycles. The van der Waals surface area contributed by atoms with E-state index in [1.54, 1.807) is 6.26 Å². The van der Waals surface area contributed by atoms with Gasteiger partial charge in [0.2, 0.25) is 0 Å². The first kappa shape index (κ1) is 16.1. The number of nitrogens with zero attached hydrogens (tertiary/aromatic N) is 1. The Morgan fingerprint density at radius 3 is 2.64 bits per heavy atom. The molecular formula is C16H23N3O3. The molecule has 22 heavy (non-hydrogen) atoms. The van der Waals surface area contributed by atoms with E-state index in [-0.39, 0.29) is 6.03 Å². The van der Waals surface area contributed by atoms with Gasteiger partial charge in [0.05, 0.1) is 18.5 Å². The topological polar surface area (TPSA) is 80.3 Å². The number of carbonyl (C=O) groups is 1. The number of aromatic nitrogens is 1. The minimum atomic E-state index is -0.249. The van der Waals surface area contributed by atoms with Crippen LogP contribution >= 0.6 is 0 Å². The van der Waals surface area contributed by atoms with Crippen LogP contribution in [0.5, 0.6) is 0 Å². The number of rotatable bonds is 7. The maximum absolute atomic E-state index is 11.8. The molecule has 0 saturated carbocycles. The number of aryl methyl sites for hydroxylation is 1. The average molecular weight is 305 g/mol. The summed E-state index contributed by atoms with van der Waals surface area (Å²) in [5.41, 5.74) is 1.92. The van der Waals surface area contributed by atoms with Crippen LogP contribution in [0.2, 0.25) is 0 Å². The Balaban J connectivity index is 1.78. The van der Waals surface area contributed by atoms with Crippen LogP contribution in [0.3, 0.4) is 0 Å². The van der Waals surface area contributed by atoms with Gasteiger partial charge in [-0.2, -0.15) is 0 Å². The maximum Gasteiger partial charge on any atom is 0.315 e. The van der Waals surface area contributed by atoms with E-state index in [4.69, 9.17) is 8.94 Å². The zero-order chi connectivity index (χ0) is 15.9. The predicted molar refractivity (Wildman–Crippen MR) is 82.3 cm³/mol. The van der Waals surface area contributed by atoms with Crippen LogP contribution in [0.15, 0.2) is 27.3 Å². The van der Waals surface area contributed by atoms with Gasteiger partial charge in [-0.3, -0.25) is 0 Å². The number of nitrogens with one attached hydrogen (secondary N) is 2. The van der Waals surface area contributed by atoms with Gasteiger partial charge in [0, 0.05) is 24.1 Å². The molecule has 0 aliphatic rings. The van der Waals surface area contributed by atoms with Crippen molar-refractivity contribution in [1.82, 2.24) is 15.8 Å². The summed E-state index contributed by atoms with van der Waals surface area (Å²) in [5.74, 6) is 1.89. The fourth-order valence-electron chi connectivity index (χ4n) is 2.31. The smallest absolute Gasteiger partial charge is 0.315 e. The van der Waals surface area contributed by atoms with E-state index >= 15 is 0 Å². The number of hydrogen-bond donors (Lipinski definition) is 2. The molecule has 2 amide bonds. The highest BCUT2D eigenvalue weighted by Crippen LogP contribution is 2.22. The summed E-state index contributed by atoms with van der Waals surface area (Å²) in [4.78, 5) is 11.8. The highest BCUT2D eigenvalue weighted by atomic mass is 16.5. The lowest BCUT2D eigenvalue weighted by Crippen LogP contribution is -2.34. The van der Waals surface area contributed by atoms with Crippen molar-refractivity contribution in [3.05, 3.63) is 41.2 Å². The Bertz CT molecular complexity index is 599. The van der Waals surface area contributed by atoms with Gasteiger partial charge < -0.3 is 19.6 Å². The molecule has 6 nitrogen and oxygen atoms in total. The number of hydrogen-bond acceptors (Lipinski definition) is 4. The molecule has 0 saturated heterocycles. The van der Waals surface area contributed by atoms with Gasteiger partial charge in [0.25, 0.3) is 0 Å².